The van der Waals surface area contributed by atoms with Gasteiger partial charge in [0.2, 0.25) is 20.1 Å². The van der Waals surface area contributed by atoms with E-state index in [-0.39, 0.29) is 0 Å². The number of hydrogen-bond donors (Lipinski definition) is 0. The van der Waals surface area contributed by atoms with Gasteiger partial charge in [0, 0.05) is 65.9 Å². The van der Waals surface area contributed by atoms with Crippen LogP contribution in [0.4, 0.5) is 0 Å². The topological polar surface area (TPSA) is 14.8 Å². The fourth-order valence-corrected chi connectivity index (χ4v) is 16.5. The molecule has 6 aliphatic rings. The van der Waals surface area contributed by atoms with E-state index in [1.54, 1.807) is 0 Å². The van der Waals surface area contributed by atoms with Crippen molar-refractivity contribution in [2.75, 3.05) is 0 Å². The Hall–Kier alpha value is -9.77. The molecular formula is C75H48B3N3. The van der Waals surface area contributed by atoms with Gasteiger partial charge >= 0.3 is 0 Å². The Morgan fingerprint density at radius 1 is 0.259 bits per heavy atom. The van der Waals surface area contributed by atoms with Crippen LogP contribution in [0.15, 0.2) is 237 Å². The summed E-state index contributed by atoms with van der Waals surface area (Å²) in [6.07, 6.45) is 0. The zero-order valence-electron chi connectivity index (χ0n) is 45.1. The second-order valence-corrected chi connectivity index (χ2v) is 23.5. The first-order valence-corrected chi connectivity index (χ1v) is 28.8. The average molecular weight is 1020 g/mol. The van der Waals surface area contributed by atoms with Crippen LogP contribution in [0.2, 0.25) is 0 Å². The van der Waals surface area contributed by atoms with E-state index < -0.39 is 0 Å². The molecule has 0 bridgehead atoms. The third-order valence-corrected chi connectivity index (χ3v) is 19.5. The van der Waals surface area contributed by atoms with Crippen LogP contribution in [-0.4, -0.2) is 33.8 Å². The Morgan fingerprint density at radius 3 is 1.20 bits per heavy atom. The molecule has 0 unspecified atom stereocenters. The molecule has 81 heavy (non-hydrogen) atoms. The molecule has 3 aromatic heterocycles. The Balaban J connectivity index is 0.0000000907. The summed E-state index contributed by atoms with van der Waals surface area (Å²) < 4.78 is 7.52. The molecule has 12 aromatic carbocycles. The Labute approximate surface area is 470 Å². The van der Waals surface area contributed by atoms with Crippen LogP contribution >= 0.6 is 0 Å². The van der Waals surface area contributed by atoms with Crippen LogP contribution in [0.1, 0.15) is 16.7 Å². The molecule has 0 atom stereocenters. The predicted octanol–water partition coefficient (Wildman–Crippen LogP) is 11.7. The van der Waals surface area contributed by atoms with Crippen molar-refractivity contribution in [2.45, 2.75) is 20.8 Å². The largest absolute Gasteiger partial charge is 0.310 e. The maximum atomic E-state index is 2.51. The van der Waals surface area contributed by atoms with Crippen molar-refractivity contribution in [1.29, 1.82) is 0 Å². The molecule has 6 heteroatoms. The van der Waals surface area contributed by atoms with Crippen molar-refractivity contribution in [2.24, 2.45) is 0 Å². The maximum Gasteiger partial charge on any atom is 0.248 e. The third kappa shape index (κ3) is 5.53. The molecule has 0 saturated heterocycles. The lowest BCUT2D eigenvalue weighted by Gasteiger charge is -2.24. The molecule has 0 radical (unpaired) electrons. The second kappa shape index (κ2) is 15.7. The minimum Gasteiger partial charge on any atom is -0.310 e. The Kier molecular flexibility index (Phi) is 8.58. The van der Waals surface area contributed by atoms with Gasteiger partial charge in [-0.25, -0.2) is 0 Å². The SMILES string of the molecule is Cc1ccc2c(c1)c1cccc3c1n2-c1cccc2c1B3c1ccccc1-2.Cc1ccc2c3cccc4c3n(c2c1)-c1cccc2c1B4c1ccccc1-2.Cc1cccc2c1c1cccc3c1n2-c1cccc2c1B3c1ccccc1-2. The molecular weight excluding hydrogens is 975 g/mol. The van der Waals surface area contributed by atoms with Crippen molar-refractivity contribution in [1.82, 2.24) is 13.7 Å². The van der Waals surface area contributed by atoms with Gasteiger partial charge in [0.25, 0.3) is 0 Å². The minimum atomic E-state index is 0.341. The highest BCUT2D eigenvalue weighted by molar-refractivity contribution is 7.03. The molecule has 0 N–H and O–H groups in total. The first-order valence-electron chi connectivity index (χ1n) is 28.8. The van der Waals surface area contributed by atoms with Gasteiger partial charge in [0.05, 0.1) is 16.6 Å². The summed E-state index contributed by atoms with van der Waals surface area (Å²) in [6.45, 7) is 7.62. The minimum absolute atomic E-state index is 0.341. The van der Waals surface area contributed by atoms with Gasteiger partial charge in [0.15, 0.2) is 0 Å². The van der Waals surface area contributed by atoms with Crippen molar-refractivity contribution in [3.63, 3.8) is 0 Å². The number of aryl methyl sites for hydroxylation is 3. The fraction of sp³-hybridized carbons (Fsp3) is 0.0400. The van der Waals surface area contributed by atoms with Gasteiger partial charge in [-0.3, -0.25) is 0 Å². The molecule has 0 fully saturated rings. The lowest BCUT2D eigenvalue weighted by molar-refractivity contribution is 1.19. The van der Waals surface area contributed by atoms with Gasteiger partial charge < -0.3 is 13.7 Å². The molecule has 372 valence electrons. The number of para-hydroxylation sites is 3. The molecule has 6 aliphatic heterocycles. The van der Waals surface area contributed by atoms with Gasteiger partial charge in [-0.15, -0.1) is 0 Å². The predicted molar refractivity (Wildman–Crippen MR) is 347 cm³/mol. The zero-order valence-corrected chi connectivity index (χ0v) is 45.1. The monoisotopic (exact) mass is 1020 g/mol. The van der Waals surface area contributed by atoms with Gasteiger partial charge in [0.1, 0.15) is 0 Å². The van der Waals surface area contributed by atoms with Crippen LogP contribution in [0.5, 0.6) is 0 Å². The molecule has 21 rings (SSSR count). The van der Waals surface area contributed by atoms with Gasteiger partial charge in [-0.2, -0.15) is 0 Å². The first kappa shape index (κ1) is 44.1. The van der Waals surface area contributed by atoms with E-state index in [0.29, 0.717) is 20.1 Å². The van der Waals surface area contributed by atoms with Crippen molar-refractivity contribution < 1.29 is 0 Å². The normalized spacial score (nSPS) is 13.3. The smallest absolute Gasteiger partial charge is 0.248 e. The number of nitrogens with zero attached hydrogens (tertiary/aromatic N) is 3. The summed E-state index contributed by atoms with van der Waals surface area (Å²) in [7, 11) is 0. The summed E-state index contributed by atoms with van der Waals surface area (Å²) in [5, 5.41) is 8.21. The summed E-state index contributed by atoms with van der Waals surface area (Å²) in [5.74, 6) is 0. The zero-order chi connectivity index (χ0) is 53.1. The van der Waals surface area contributed by atoms with E-state index in [1.165, 1.54) is 182 Å². The fourth-order valence-electron chi connectivity index (χ4n) is 16.5. The van der Waals surface area contributed by atoms with Crippen molar-refractivity contribution in [3.8, 4) is 50.4 Å². The molecule has 0 saturated carbocycles. The maximum absolute atomic E-state index is 2.51. The summed E-state index contributed by atoms with van der Waals surface area (Å²) in [4.78, 5) is 0. The van der Waals surface area contributed by atoms with Gasteiger partial charge in [-0.05, 0) is 141 Å². The molecule has 0 amide bonds. The van der Waals surface area contributed by atoms with Crippen molar-refractivity contribution >= 4 is 135 Å². The molecule has 0 spiro atoms. The lowest BCUT2D eigenvalue weighted by Crippen LogP contribution is -2.53. The lowest BCUT2D eigenvalue weighted by atomic mass is 9.37. The number of benzene rings is 12. The summed E-state index contributed by atoms with van der Waals surface area (Å²) in [5.41, 5.74) is 37.5. The Bertz CT molecular complexity index is 5300. The number of hydrogen-bond acceptors (Lipinski definition) is 0. The molecule has 0 aliphatic carbocycles. The van der Waals surface area contributed by atoms with E-state index in [4.69, 9.17) is 0 Å². The number of rotatable bonds is 0. The van der Waals surface area contributed by atoms with Crippen LogP contribution in [0.25, 0.3) is 116 Å². The highest BCUT2D eigenvalue weighted by Gasteiger charge is 2.44. The van der Waals surface area contributed by atoms with E-state index in [2.05, 4.69) is 271 Å². The van der Waals surface area contributed by atoms with Crippen molar-refractivity contribution in [3.05, 3.63) is 253 Å². The molecule has 3 nitrogen and oxygen atoms in total. The summed E-state index contributed by atoms with van der Waals surface area (Å²) >= 11 is 0. The van der Waals surface area contributed by atoms with E-state index in [0.717, 1.165) is 0 Å². The highest BCUT2D eigenvalue weighted by Crippen LogP contribution is 2.41. The molecule has 15 aromatic rings. The Morgan fingerprint density at radius 2 is 0.654 bits per heavy atom. The van der Waals surface area contributed by atoms with E-state index in [9.17, 15) is 0 Å². The van der Waals surface area contributed by atoms with E-state index >= 15 is 0 Å². The highest BCUT2D eigenvalue weighted by atomic mass is 15.0. The standard InChI is InChI=1S/3C25H16BN/c1-15-7-4-13-21-23(15)18-10-5-12-20-25(18)27(21)22-14-6-9-17-16-8-2-3-11-19(16)26(20)24(17)22;1-15-12-13-17-19-8-4-10-21-25(19)27(23(17)14-15)22-11-5-7-18-16-6-2-3-9-20(16)26(21)24(18)22;1-15-12-13-22-19(14-15)18-8-4-10-21-25(18)27(22)23-11-5-7-17-16-6-2-3-9-20(16)26(21)24(17)23/h3*2-14H,1H3. The summed E-state index contributed by atoms with van der Waals surface area (Å²) in [6, 6.07) is 88.2. The van der Waals surface area contributed by atoms with Crippen LogP contribution in [0.3, 0.4) is 0 Å². The van der Waals surface area contributed by atoms with E-state index in [1.807, 2.05) is 0 Å². The first-order chi connectivity index (χ1) is 40.0. The second-order valence-electron chi connectivity index (χ2n) is 23.5. The van der Waals surface area contributed by atoms with Crippen LogP contribution < -0.4 is 49.2 Å². The molecule has 9 heterocycles. The van der Waals surface area contributed by atoms with Crippen LogP contribution in [-0.2, 0) is 0 Å². The van der Waals surface area contributed by atoms with Gasteiger partial charge in [-0.1, -0.05) is 216 Å². The number of aromatic nitrogens is 3. The third-order valence-electron chi connectivity index (χ3n) is 19.5. The van der Waals surface area contributed by atoms with Crippen LogP contribution in [0, 0.1) is 20.8 Å². The quantitative estimate of drug-likeness (QED) is 0.135. The average Bonchev–Trinajstić information content (AvgIpc) is 3.12. The number of fused-ring (bicyclic) bond motifs is 24.